The van der Waals surface area contributed by atoms with Gasteiger partial charge in [-0.15, -0.1) is 0 Å². The fourth-order valence-electron chi connectivity index (χ4n) is 13.7. The second-order valence-electron chi connectivity index (χ2n) is 31.5. The van der Waals surface area contributed by atoms with Crippen molar-refractivity contribution >= 4 is 163 Å². The molecule has 0 aliphatic carbocycles. The maximum atomic E-state index is 15.2. The van der Waals surface area contributed by atoms with Crippen molar-refractivity contribution < 1.29 is 86.9 Å². The summed E-state index contributed by atoms with van der Waals surface area (Å²) in [6.07, 6.45) is 11.5. The highest BCUT2D eigenvalue weighted by Crippen LogP contribution is 2.23. The Hall–Kier alpha value is -12.4. The number of carbonyl (C=O) groups is 16. The smallest absolute Gasteiger partial charge is 0.303 e. The molecule has 0 saturated heterocycles. The van der Waals surface area contributed by atoms with Crippen molar-refractivity contribution in [1.29, 1.82) is 16.2 Å². The van der Waals surface area contributed by atoms with E-state index in [2.05, 4.69) is 143 Å². The van der Waals surface area contributed by atoms with Crippen LogP contribution in [0.1, 0.15) is 207 Å². The van der Waals surface area contributed by atoms with Gasteiger partial charge in [0.15, 0.2) is 17.9 Å². The Morgan fingerprint density at radius 1 is 0.271 bits per heavy atom. The van der Waals surface area contributed by atoms with Gasteiger partial charge in [0.05, 0.1) is 0 Å². The van der Waals surface area contributed by atoms with Crippen LogP contribution in [0.25, 0.3) is 0 Å². The molecule has 13 atom stereocenters. The van der Waals surface area contributed by atoms with E-state index in [4.69, 9.17) is 39.2 Å². The molecule has 0 aliphatic heterocycles. The van der Waals surface area contributed by atoms with E-state index < -0.39 is 211 Å². The van der Waals surface area contributed by atoms with E-state index in [1.54, 1.807) is 36.4 Å². The highest BCUT2D eigenvalue weighted by Gasteiger charge is 2.39. The quantitative estimate of drug-likeness (QED) is 0.0127. The number of rotatable bonds is 66. The van der Waals surface area contributed by atoms with Crippen LogP contribution in [0.2, 0.25) is 0 Å². The number of unbranched alkanes of at least 4 members (excludes halogenated alkanes) is 12. The summed E-state index contributed by atoms with van der Waals surface area (Å²) in [7, 11) is 0. The highest BCUT2D eigenvalue weighted by atomic mass is 32.1. The molecule has 0 spiro atoms. The lowest BCUT2D eigenvalue weighted by atomic mass is 10.0. The van der Waals surface area contributed by atoms with Crippen LogP contribution < -0.4 is 108 Å². The van der Waals surface area contributed by atoms with Gasteiger partial charge in [-0.05, 0) is 80.0 Å². The number of thiol groups is 4. The summed E-state index contributed by atoms with van der Waals surface area (Å²) < 4.78 is 0. The maximum absolute atomic E-state index is 15.2. The van der Waals surface area contributed by atoms with Gasteiger partial charge in [-0.1, -0.05) is 205 Å². The minimum atomic E-state index is -1.88. The van der Waals surface area contributed by atoms with Crippen molar-refractivity contribution in [1.82, 2.24) is 85.1 Å². The maximum Gasteiger partial charge on any atom is 0.303 e. The summed E-state index contributed by atoms with van der Waals surface area (Å²) in [5.41, 5.74) is 22.6. The predicted octanol–water partition coefficient (Wildman–Crippen LogP) is 0.985. The first-order chi connectivity index (χ1) is 63.6. The standard InChI is InChI=1S/C88H131N23O18S4/c1-2-3-4-5-6-7-8-9-10-11-12-13-26-41-66(112)99-62(49-130)78(122)105-64(51-132)80(124)107-65(52-133)81(125)106-63(50-131)79(123)101-58(39-28-47-97-87(92)93)74(118)108-71(55-34-22-16-23-35-55)84(128)104-61(43-45-68(115)116)77(121)111-70(54-32-20-15-21-33-54)83(127)102-59(40-29-48-98-88(94)95)75(119)109-72(56-36-24-17-25-37-56)85(129)103-60(42-44-67(113)114)76(120)110-69(53-30-18-14-19-31-53)82(126)100-57(73(89)117)38-27-46-96-86(90)91/h14-25,30-37,57-65,69-72,130-133H,2-13,26-29,38-52H2,1H3,(H2,89,117)(H,99,112)(H,100,126)(H,101,123)(H,102,127)(H,103,129)(H,104,128)(H,105,122)(H,106,125)(H,107,124)(H,108,118)(H,109,119)(H,110,120)(H,111,121)(H,113,114)(H,115,116)(H4,90,91,96)(H4,92,93,97)(H4,94,95,98). The molecule has 0 aromatic heterocycles. The molecule has 4 aromatic carbocycles. The number of hydrogen-bond acceptors (Lipinski definition) is 23. The highest BCUT2D eigenvalue weighted by molar-refractivity contribution is 7.80. The van der Waals surface area contributed by atoms with Crippen LogP contribution in [0.4, 0.5) is 0 Å². The number of carbonyl (C=O) groups excluding carboxylic acids is 14. The van der Waals surface area contributed by atoms with E-state index >= 15 is 19.2 Å². The molecule has 730 valence electrons. The molecule has 13 unspecified atom stereocenters. The number of hydrogen-bond donors (Lipinski definition) is 29. The first-order valence-corrected chi connectivity index (χ1v) is 46.7. The molecule has 41 nitrogen and oxygen atoms in total. The molecule has 0 aliphatic rings. The largest absolute Gasteiger partial charge is 0.481 e. The fraction of sp³-hybridized carbons (Fsp3) is 0.511. The van der Waals surface area contributed by atoms with Crippen LogP contribution in [-0.4, -0.2) is 220 Å². The third-order valence-corrected chi connectivity index (χ3v) is 22.4. The Morgan fingerprint density at radius 3 is 0.737 bits per heavy atom. The minimum Gasteiger partial charge on any atom is -0.481 e. The molecule has 4 rings (SSSR count). The molecular formula is C88H131N23O18S4. The number of aliphatic carboxylic acids is 2. The summed E-state index contributed by atoms with van der Waals surface area (Å²) >= 11 is 17.1. The van der Waals surface area contributed by atoms with E-state index in [0.29, 0.717) is 6.42 Å². The Morgan fingerprint density at radius 2 is 0.489 bits per heavy atom. The SMILES string of the molecule is CCCCCCCCCCCCCCCC(=O)NC(CS)C(=O)NC(CS)C(=O)NC(CS)C(=O)NC(CS)C(=O)NC(CCCNC(=N)N)C(=O)NC(C(=O)NC(CCC(=O)O)C(=O)NC(C(=O)NC(CCCNC(=N)N)C(=O)NC(C(=O)NC(CCC(=O)O)C(=O)NC(C(=O)NC(CCCNC(=N)N)C(N)=O)c1ccccc1)c1ccccc1)c1ccccc1)c1ccccc1. The van der Waals surface area contributed by atoms with Gasteiger partial charge < -0.3 is 118 Å². The van der Waals surface area contributed by atoms with Crippen molar-refractivity contribution in [3.05, 3.63) is 144 Å². The second kappa shape index (κ2) is 63.6. The van der Waals surface area contributed by atoms with Gasteiger partial charge >= 0.3 is 11.9 Å². The minimum absolute atomic E-state index is 0.00809. The number of nitrogens with two attached hydrogens (primary N) is 4. The van der Waals surface area contributed by atoms with Crippen LogP contribution in [0.5, 0.6) is 0 Å². The first kappa shape index (κ1) is 113. The van der Waals surface area contributed by atoms with E-state index in [1.807, 2.05) is 0 Å². The number of amides is 14. The van der Waals surface area contributed by atoms with E-state index in [-0.39, 0.29) is 116 Å². The van der Waals surface area contributed by atoms with Crippen LogP contribution in [-0.2, 0) is 76.7 Å². The van der Waals surface area contributed by atoms with Gasteiger partial charge in [0, 0.05) is 61.9 Å². The topological polar surface area (TPSA) is 682 Å². The van der Waals surface area contributed by atoms with Crippen LogP contribution in [0, 0.1) is 16.2 Å². The number of nitrogens with one attached hydrogen (secondary N) is 19. The summed E-state index contributed by atoms with van der Waals surface area (Å²) in [5.74, 6) is -19.0. The molecule has 0 fully saturated rings. The fourth-order valence-corrected chi connectivity index (χ4v) is 14.7. The van der Waals surface area contributed by atoms with Gasteiger partial charge in [0.25, 0.3) is 0 Å². The van der Waals surface area contributed by atoms with Crippen LogP contribution in [0.3, 0.4) is 0 Å². The van der Waals surface area contributed by atoms with Crippen molar-refractivity contribution in [2.75, 3.05) is 42.6 Å². The van der Waals surface area contributed by atoms with E-state index in [1.165, 1.54) is 136 Å². The lowest BCUT2D eigenvalue weighted by molar-refractivity contribution is -0.139. The lowest BCUT2D eigenvalue weighted by Gasteiger charge is -2.29. The average molecular weight is 1930 g/mol. The molecule has 29 N–H and O–H groups in total. The van der Waals surface area contributed by atoms with Gasteiger partial charge in [-0.3, -0.25) is 92.9 Å². The molecule has 0 heterocycles. The van der Waals surface area contributed by atoms with Crippen LogP contribution in [0.15, 0.2) is 121 Å². The van der Waals surface area contributed by atoms with Crippen molar-refractivity contribution in [3.63, 3.8) is 0 Å². The van der Waals surface area contributed by atoms with Crippen molar-refractivity contribution in [2.45, 2.75) is 240 Å². The molecule has 0 radical (unpaired) electrons. The second-order valence-corrected chi connectivity index (χ2v) is 32.9. The number of carboxylic acid groups (broad SMARTS) is 2. The Labute approximate surface area is 795 Å². The Kier molecular flexibility index (Phi) is 54.0. The van der Waals surface area contributed by atoms with Crippen molar-refractivity contribution in [2.24, 2.45) is 22.9 Å². The van der Waals surface area contributed by atoms with Gasteiger partial charge in [0.2, 0.25) is 82.7 Å². The summed E-state index contributed by atoms with van der Waals surface area (Å²) in [6, 6.07) is 9.02. The summed E-state index contributed by atoms with van der Waals surface area (Å²) in [6.45, 7) is 2.22. The number of benzene rings is 4. The molecule has 4 aromatic rings. The zero-order chi connectivity index (χ0) is 98.2. The summed E-state index contributed by atoms with van der Waals surface area (Å²) in [4.78, 5) is 225. The Balaban J connectivity index is 1.61. The monoisotopic (exact) mass is 1930 g/mol. The van der Waals surface area contributed by atoms with E-state index in [0.717, 1.165) is 25.7 Å². The third-order valence-electron chi connectivity index (χ3n) is 21.0. The lowest BCUT2D eigenvalue weighted by Crippen LogP contribution is -2.60. The first-order valence-electron chi connectivity index (χ1n) is 44.2. The molecule has 45 heteroatoms. The number of carboxylic acids is 2. The van der Waals surface area contributed by atoms with Gasteiger partial charge in [-0.2, -0.15) is 50.5 Å². The molecule has 0 saturated carbocycles. The predicted molar refractivity (Wildman–Crippen MR) is 513 cm³/mol. The number of primary amides is 1. The van der Waals surface area contributed by atoms with Crippen molar-refractivity contribution in [3.8, 4) is 0 Å². The van der Waals surface area contributed by atoms with E-state index in [9.17, 15) is 67.7 Å². The number of guanidine groups is 3. The van der Waals surface area contributed by atoms with Gasteiger partial charge in [0.1, 0.15) is 78.5 Å². The average Bonchev–Trinajstić information content (AvgIpc) is 0.828. The Bertz CT molecular complexity index is 4450. The molecule has 14 amide bonds. The molecule has 0 bridgehead atoms. The molecular weight excluding hydrogens is 1800 g/mol. The van der Waals surface area contributed by atoms with Gasteiger partial charge in [-0.25, -0.2) is 0 Å². The normalized spacial score (nSPS) is 13.8. The zero-order valence-corrected chi connectivity index (χ0v) is 78.1. The zero-order valence-electron chi connectivity index (χ0n) is 74.5. The molecule has 133 heavy (non-hydrogen) atoms. The third kappa shape index (κ3) is 44.1. The van der Waals surface area contributed by atoms with Crippen LogP contribution >= 0.6 is 50.5 Å². The summed E-state index contributed by atoms with van der Waals surface area (Å²) in [5, 5.41) is 83.9.